The van der Waals surface area contributed by atoms with E-state index in [1.54, 1.807) is 12.2 Å². The monoisotopic (exact) mass is 290 g/mol. The highest BCUT2D eigenvalue weighted by molar-refractivity contribution is 5.92. The van der Waals surface area contributed by atoms with Gasteiger partial charge in [-0.1, -0.05) is 6.08 Å². The van der Waals surface area contributed by atoms with Crippen LogP contribution in [-0.2, 0) is 9.59 Å². The van der Waals surface area contributed by atoms with E-state index in [4.69, 9.17) is 5.73 Å². The van der Waals surface area contributed by atoms with Gasteiger partial charge in [-0.2, -0.15) is 0 Å². The van der Waals surface area contributed by atoms with E-state index in [1.165, 1.54) is 0 Å². The summed E-state index contributed by atoms with van der Waals surface area (Å²) in [5.74, 6) is -0.124. The molecule has 2 fully saturated rings. The summed E-state index contributed by atoms with van der Waals surface area (Å²) in [7, 11) is 0. The number of nitrogens with zero attached hydrogens (tertiary/aromatic N) is 1. The molecule has 21 heavy (non-hydrogen) atoms. The molecule has 1 aliphatic carbocycles. The number of hydrogen-bond acceptors (Lipinski definition) is 4. The largest absolute Gasteiger partial charge is 0.364 e. The summed E-state index contributed by atoms with van der Waals surface area (Å²) in [4.78, 5) is 26.0. The maximum atomic E-state index is 12.7. The lowest BCUT2D eigenvalue weighted by atomic mass is 10.0. The van der Waals surface area contributed by atoms with Crippen LogP contribution in [-0.4, -0.2) is 42.0 Å². The molecular formula is C15H22N4O2. The maximum absolute atomic E-state index is 12.7. The van der Waals surface area contributed by atoms with Crippen LogP contribution in [0.2, 0.25) is 0 Å². The van der Waals surface area contributed by atoms with Crippen molar-refractivity contribution in [3.63, 3.8) is 0 Å². The minimum absolute atomic E-state index is 0.165. The number of primary amides is 1. The van der Waals surface area contributed by atoms with E-state index < -0.39 is 5.91 Å². The molecule has 3 rings (SSSR count). The van der Waals surface area contributed by atoms with Crippen LogP contribution in [0.5, 0.6) is 0 Å². The van der Waals surface area contributed by atoms with E-state index in [0.29, 0.717) is 5.70 Å². The van der Waals surface area contributed by atoms with Gasteiger partial charge in [0.15, 0.2) is 0 Å². The highest BCUT2D eigenvalue weighted by Gasteiger charge is 2.39. The van der Waals surface area contributed by atoms with Gasteiger partial charge in [0.1, 0.15) is 11.9 Å². The fourth-order valence-corrected chi connectivity index (χ4v) is 3.00. The fourth-order valence-electron chi connectivity index (χ4n) is 3.00. The Labute approximate surface area is 124 Å². The first kappa shape index (κ1) is 14.1. The number of dihydropyridines is 1. The Morgan fingerprint density at radius 3 is 2.52 bits per heavy atom. The molecule has 0 radical (unpaired) electrons. The third kappa shape index (κ3) is 3.10. The van der Waals surface area contributed by atoms with Crippen molar-refractivity contribution in [3.8, 4) is 0 Å². The van der Waals surface area contributed by atoms with Crippen LogP contribution >= 0.6 is 0 Å². The molecular weight excluding hydrogens is 268 g/mol. The van der Waals surface area contributed by atoms with Gasteiger partial charge in [-0.3, -0.25) is 9.59 Å². The number of carbonyl (C=O) groups excluding carboxylic acids is 2. The molecule has 2 heterocycles. The highest BCUT2D eigenvalue weighted by atomic mass is 16.2. The van der Waals surface area contributed by atoms with E-state index in [1.807, 2.05) is 11.0 Å². The summed E-state index contributed by atoms with van der Waals surface area (Å²) in [6, 6.07) is 0.216. The van der Waals surface area contributed by atoms with Gasteiger partial charge >= 0.3 is 0 Å². The predicted molar refractivity (Wildman–Crippen MR) is 78.8 cm³/mol. The molecule has 0 aromatic heterocycles. The van der Waals surface area contributed by atoms with Crippen LogP contribution in [0.15, 0.2) is 23.9 Å². The summed E-state index contributed by atoms with van der Waals surface area (Å²) >= 11 is 0. The zero-order valence-electron chi connectivity index (χ0n) is 12.0. The first-order chi connectivity index (χ1) is 10.2. The van der Waals surface area contributed by atoms with Crippen molar-refractivity contribution >= 4 is 11.8 Å². The number of hydrogen-bond donors (Lipinski definition) is 3. The van der Waals surface area contributed by atoms with Crippen molar-refractivity contribution in [1.82, 2.24) is 15.5 Å². The van der Waals surface area contributed by atoms with Gasteiger partial charge in [0.2, 0.25) is 5.91 Å². The van der Waals surface area contributed by atoms with Crippen LogP contribution in [0.3, 0.4) is 0 Å². The minimum atomic E-state index is -0.492. The molecule has 0 aromatic carbocycles. The fraction of sp³-hybridized carbons (Fsp3) is 0.600. The SMILES string of the molecule is NC(=O)C1=CC=CC(N(C(=O)C2CC2)C2CCNCC2)N1. The summed E-state index contributed by atoms with van der Waals surface area (Å²) in [5, 5.41) is 6.42. The third-order valence-electron chi connectivity index (χ3n) is 4.31. The second-order valence-electron chi connectivity index (χ2n) is 5.92. The summed E-state index contributed by atoms with van der Waals surface area (Å²) in [6.45, 7) is 1.85. The van der Waals surface area contributed by atoms with Gasteiger partial charge in [-0.15, -0.1) is 0 Å². The molecule has 3 aliphatic rings. The van der Waals surface area contributed by atoms with E-state index in [-0.39, 0.29) is 24.0 Å². The van der Waals surface area contributed by atoms with Crippen LogP contribution in [0, 0.1) is 5.92 Å². The van der Waals surface area contributed by atoms with Gasteiger partial charge in [0.25, 0.3) is 5.91 Å². The number of amides is 2. The van der Waals surface area contributed by atoms with Gasteiger partial charge < -0.3 is 21.3 Å². The van der Waals surface area contributed by atoms with Crippen LogP contribution in [0.4, 0.5) is 0 Å². The third-order valence-corrected chi connectivity index (χ3v) is 4.31. The molecule has 0 bridgehead atoms. The molecule has 6 nitrogen and oxygen atoms in total. The first-order valence-corrected chi connectivity index (χ1v) is 7.64. The highest BCUT2D eigenvalue weighted by Crippen LogP contribution is 2.33. The average molecular weight is 290 g/mol. The topological polar surface area (TPSA) is 87.5 Å². The Morgan fingerprint density at radius 2 is 1.90 bits per heavy atom. The standard InChI is InChI=1S/C15H22N4O2/c16-14(20)12-2-1-3-13(18-12)19(15(21)10-4-5-10)11-6-8-17-9-7-11/h1-3,10-11,13,17-18H,4-9H2,(H2,16,20). The molecule has 1 unspecified atom stereocenters. The molecule has 4 N–H and O–H groups in total. The Morgan fingerprint density at radius 1 is 1.19 bits per heavy atom. The van der Waals surface area contributed by atoms with Crippen molar-refractivity contribution in [3.05, 3.63) is 23.9 Å². The van der Waals surface area contributed by atoms with E-state index in [2.05, 4.69) is 10.6 Å². The summed E-state index contributed by atoms with van der Waals surface area (Å²) in [5.41, 5.74) is 5.70. The zero-order valence-corrected chi connectivity index (χ0v) is 12.0. The molecule has 2 amide bonds. The Hall–Kier alpha value is -1.82. The van der Waals surface area contributed by atoms with Crippen molar-refractivity contribution in [2.75, 3.05) is 13.1 Å². The van der Waals surface area contributed by atoms with Gasteiger partial charge in [-0.25, -0.2) is 0 Å². The van der Waals surface area contributed by atoms with Gasteiger partial charge in [0, 0.05) is 12.0 Å². The van der Waals surface area contributed by atoms with E-state index in [9.17, 15) is 9.59 Å². The molecule has 0 spiro atoms. The van der Waals surface area contributed by atoms with Crippen molar-refractivity contribution in [2.24, 2.45) is 11.7 Å². The van der Waals surface area contributed by atoms with Gasteiger partial charge in [-0.05, 0) is 50.9 Å². The maximum Gasteiger partial charge on any atom is 0.264 e. The molecule has 114 valence electrons. The molecule has 1 atom stereocenters. The average Bonchev–Trinajstić information content (AvgIpc) is 3.33. The van der Waals surface area contributed by atoms with E-state index >= 15 is 0 Å². The first-order valence-electron chi connectivity index (χ1n) is 7.64. The number of carbonyl (C=O) groups is 2. The predicted octanol–water partition coefficient (Wildman–Crippen LogP) is -0.168. The van der Waals surface area contributed by atoms with Crippen molar-refractivity contribution in [2.45, 2.75) is 37.9 Å². The van der Waals surface area contributed by atoms with Crippen LogP contribution in [0.25, 0.3) is 0 Å². The Bertz CT molecular complexity index is 490. The Balaban J connectivity index is 1.78. The molecule has 1 saturated carbocycles. The second-order valence-corrected chi connectivity index (χ2v) is 5.92. The van der Waals surface area contributed by atoms with Gasteiger partial charge in [0.05, 0.1) is 0 Å². The number of nitrogens with one attached hydrogen (secondary N) is 2. The number of piperidine rings is 1. The second kappa shape index (κ2) is 5.89. The lowest BCUT2D eigenvalue weighted by Gasteiger charge is -2.40. The summed E-state index contributed by atoms with van der Waals surface area (Å²) < 4.78 is 0. The quantitative estimate of drug-likeness (QED) is 0.671. The van der Waals surface area contributed by atoms with Crippen molar-refractivity contribution < 1.29 is 9.59 Å². The lowest BCUT2D eigenvalue weighted by Crippen LogP contribution is -2.56. The Kier molecular flexibility index (Phi) is 3.96. The van der Waals surface area contributed by atoms with Crippen LogP contribution in [0.1, 0.15) is 25.7 Å². The van der Waals surface area contributed by atoms with Crippen LogP contribution < -0.4 is 16.4 Å². The number of allylic oxidation sites excluding steroid dienone is 2. The summed E-state index contributed by atoms with van der Waals surface area (Å²) in [6.07, 6.45) is 8.96. The van der Waals surface area contributed by atoms with Crippen molar-refractivity contribution in [1.29, 1.82) is 0 Å². The zero-order chi connectivity index (χ0) is 14.8. The molecule has 2 aliphatic heterocycles. The molecule has 0 aromatic rings. The normalized spacial score (nSPS) is 25.9. The number of nitrogens with two attached hydrogens (primary N) is 1. The smallest absolute Gasteiger partial charge is 0.264 e. The number of rotatable bonds is 4. The molecule has 1 saturated heterocycles. The molecule has 6 heteroatoms. The minimum Gasteiger partial charge on any atom is -0.364 e. The lowest BCUT2D eigenvalue weighted by molar-refractivity contribution is -0.138. The van der Waals surface area contributed by atoms with E-state index in [0.717, 1.165) is 38.8 Å².